The van der Waals surface area contributed by atoms with Crippen molar-refractivity contribution in [2.75, 3.05) is 26.2 Å². The van der Waals surface area contributed by atoms with Gasteiger partial charge in [-0.05, 0) is 25.7 Å². The molecule has 0 aromatic rings. The van der Waals surface area contributed by atoms with Gasteiger partial charge in [-0.3, -0.25) is 9.69 Å². The summed E-state index contributed by atoms with van der Waals surface area (Å²) in [5.41, 5.74) is 6.01. The number of nitrogens with two attached hydrogens (primary N) is 1. The van der Waals surface area contributed by atoms with Gasteiger partial charge < -0.3 is 10.6 Å². The molecule has 1 heterocycles. The van der Waals surface area contributed by atoms with Gasteiger partial charge in [-0.2, -0.15) is 0 Å². The molecule has 1 saturated heterocycles. The summed E-state index contributed by atoms with van der Waals surface area (Å²) >= 11 is 0. The van der Waals surface area contributed by atoms with E-state index in [0.29, 0.717) is 5.91 Å². The van der Waals surface area contributed by atoms with E-state index in [2.05, 4.69) is 9.80 Å². The van der Waals surface area contributed by atoms with Crippen molar-refractivity contribution >= 4 is 5.91 Å². The molecule has 2 N–H and O–H groups in total. The minimum absolute atomic E-state index is 0.113. The summed E-state index contributed by atoms with van der Waals surface area (Å²) in [5, 5.41) is 0. The lowest BCUT2D eigenvalue weighted by Gasteiger charge is -2.36. The highest BCUT2D eigenvalue weighted by Crippen LogP contribution is 2.29. The van der Waals surface area contributed by atoms with Gasteiger partial charge in [0.2, 0.25) is 5.91 Å². The molecule has 2 unspecified atom stereocenters. The summed E-state index contributed by atoms with van der Waals surface area (Å²) in [4.78, 5) is 16.9. The van der Waals surface area contributed by atoms with E-state index in [0.717, 1.165) is 51.5 Å². The maximum absolute atomic E-state index is 12.3. The fourth-order valence-electron chi connectivity index (χ4n) is 3.28. The molecular formula is C13H23N3O. The number of amides is 1. The third-order valence-electron chi connectivity index (χ3n) is 4.58. The van der Waals surface area contributed by atoms with E-state index < -0.39 is 0 Å². The Hall–Kier alpha value is -0.610. The number of carbonyl (C=O) groups excluding carboxylic acids is 1. The first-order chi connectivity index (χ1) is 8.25. The second-order valence-corrected chi connectivity index (χ2v) is 5.79. The van der Waals surface area contributed by atoms with Crippen LogP contribution in [0.2, 0.25) is 0 Å². The molecule has 0 spiro atoms. The quantitative estimate of drug-likeness (QED) is 0.757. The van der Waals surface area contributed by atoms with Gasteiger partial charge in [0.25, 0.3) is 0 Å². The molecule has 17 heavy (non-hydrogen) atoms. The highest BCUT2D eigenvalue weighted by Gasteiger charge is 2.36. The molecule has 1 amide bonds. The van der Waals surface area contributed by atoms with Crippen molar-refractivity contribution in [2.45, 2.75) is 44.2 Å². The topological polar surface area (TPSA) is 49.6 Å². The number of piperazine rings is 1. The van der Waals surface area contributed by atoms with Crippen LogP contribution in [0, 0.1) is 5.92 Å². The van der Waals surface area contributed by atoms with Gasteiger partial charge >= 0.3 is 0 Å². The smallest absolute Gasteiger partial charge is 0.227 e. The Labute approximate surface area is 103 Å². The summed E-state index contributed by atoms with van der Waals surface area (Å²) in [6.07, 6.45) is 5.88. The Morgan fingerprint density at radius 1 is 1.00 bits per heavy atom. The average molecular weight is 237 g/mol. The number of nitrogens with zero attached hydrogens (tertiary/aromatic N) is 2. The zero-order valence-electron chi connectivity index (χ0n) is 10.5. The molecule has 3 aliphatic rings. The molecule has 0 aromatic carbocycles. The SMILES string of the molecule is NC1CCCC1C(=O)N1CCN(C2CC2)CC1. The van der Waals surface area contributed by atoms with Crippen molar-refractivity contribution in [1.82, 2.24) is 9.80 Å². The molecule has 2 aliphatic carbocycles. The minimum atomic E-state index is 0.113. The third kappa shape index (κ3) is 2.33. The van der Waals surface area contributed by atoms with Gasteiger partial charge in [-0.25, -0.2) is 0 Å². The van der Waals surface area contributed by atoms with Gasteiger partial charge in [0, 0.05) is 38.3 Å². The maximum atomic E-state index is 12.3. The lowest BCUT2D eigenvalue weighted by atomic mass is 10.0. The fourth-order valence-corrected chi connectivity index (χ4v) is 3.28. The van der Waals surface area contributed by atoms with Gasteiger partial charge in [0.05, 0.1) is 5.92 Å². The second kappa shape index (κ2) is 4.58. The van der Waals surface area contributed by atoms with Gasteiger partial charge in [0.15, 0.2) is 0 Å². The molecule has 0 bridgehead atoms. The predicted octanol–water partition coefficient (Wildman–Crippen LogP) is 0.420. The molecule has 2 saturated carbocycles. The van der Waals surface area contributed by atoms with E-state index in [-0.39, 0.29) is 12.0 Å². The number of hydrogen-bond acceptors (Lipinski definition) is 3. The van der Waals surface area contributed by atoms with E-state index >= 15 is 0 Å². The normalized spacial score (nSPS) is 35.2. The van der Waals surface area contributed by atoms with Crippen molar-refractivity contribution in [1.29, 1.82) is 0 Å². The Balaban J connectivity index is 1.53. The first kappa shape index (κ1) is 11.5. The van der Waals surface area contributed by atoms with Crippen LogP contribution >= 0.6 is 0 Å². The van der Waals surface area contributed by atoms with E-state index in [4.69, 9.17) is 5.73 Å². The van der Waals surface area contributed by atoms with E-state index in [1.807, 2.05) is 0 Å². The molecule has 0 radical (unpaired) electrons. The van der Waals surface area contributed by atoms with Gasteiger partial charge in [0.1, 0.15) is 0 Å². The van der Waals surface area contributed by atoms with Crippen LogP contribution < -0.4 is 5.73 Å². The predicted molar refractivity (Wildman–Crippen MR) is 66.5 cm³/mol. The van der Waals surface area contributed by atoms with Crippen molar-refractivity contribution in [3.63, 3.8) is 0 Å². The minimum Gasteiger partial charge on any atom is -0.340 e. The Morgan fingerprint density at radius 3 is 2.24 bits per heavy atom. The molecule has 1 aliphatic heterocycles. The van der Waals surface area contributed by atoms with Crippen molar-refractivity contribution in [2.24, 2.45) is 11.7 Å². The van der Waals surface area contributed by atoms with E-state index in [1.165, 1.54) is 12.8 Å². The number of hydrogen-bond donors (Lipinski definition) is 1. The zero-order valence-corrected chi connectivity index (χ0v) is 10.5. The molecular weight excluding hydrogens is 214 g/mol. The van der Waals surface area contributed by atoms with Crippen LogP contribution in [0.1, 0.15) is 32.1 Å². The summed E-state index contributed by atoms with van der Waals surface area (Å²) < 4.78 is 0. The lowest BCUT2D eigenvalue weighted by molar-refractivity contribution is -0.137. The zero-order chi connectivity index (χ0) is 11.8. The maximum Gasteiger partial charge on any atom is 0.227 e. The number of rotatable bonds is 2. The van der Waals surface area contributed by atoms with Crippen molar-refractivity contribution in [3.8, 4) is 0 Å². The van der Waals surface area contributed by atoms with E-state index in [9.17, 15) is 4.79 Å². The molecule has 4 nitrogen and oxygen atoms in total. The third-order valence-corrected chi connectivity index (χ3v) is 4.58. The van der Waals surface area contributed by atoms with Crippen molar-refractivity contribution < 1.29 is 4.79 Å². The highest BCUT2D eigenvalue weighted by atomic mass is 16.2. The summed E-state index contributed by atoms with van der Waals surface area (Å²) in [7, 11) is 0. The summed E-state index contributed by atoms with van der Waals surface area (Å²) in [5.74, 6) is 0.438. The second-order valence-electron chi connectivity index (χ2n) is 5.79. The molecule has 4 heteroatoms. The Kier molecular flexibility index (Phi) is 3.09. The molecule has 0 aromatic heterocycles. The van der Waals surface area contributed by atoms with Crippen LogP contribution in [-0.4, -0.2) is 54.0 Å². The number of carbonyl (C=O) groups is 1. The average Bonchev–Trinajstić information content (AvgIpc) is 3.12. The first-order valence-electron chi connectivity index (χ1n) is 7.04. The monoisotopic (exact) mass is 237 g/mol. The molecule has 3 fully saturated rings. The Bertz CT molecular complexity index is 295. The van der Waals surface area contributed by atoms with Crippen LogP contribution in [0.3, 0.4) is 0 Å². The molecule has 96 valence electrons. The van der Waals surface area contributed by atoms with Crippen LogP contribution in [0.4, 0.5) is 0 Å². The molecule has 2 atom stereocenters. The highest BCUT2D eigenvalue weighted by molar-refractivity contribution is 5.80. The Morgan fingerprint density at radius 2 is 1.71 bits per heavy atom. The van der Waals surface area contributed by atoms with Crippen LogP contribution in [0.5, 0.6) is 0 Å². The standard InChI is InChI=1S/C13H23N3O/c14-12-3-1-2-11(12)13(17)16-8-6-15(7-9-16)10-4-5-10/h10-12H,1-9,14H2. The fraction of sp³-hybridized carbons (Fsp3) is 0.923. The van der Waals surface area contributed by atoms with Crippen LogP contribution in [0.25, 0.3) is 0 Å². The summed E-state index contributed by atoms with van der Waals surface area (Å²) in [6.45, 7) is 3.97. The molecule has 3 rings (SSSR count). The summed E-state index contributed by atoms with van der Waals surface area (Å²) in [6, 6.07) is 0.949. The van der Waals surface area contributed by atoms with Crippen LogP contribution in [0.15, 0.2) is 0 Å². The first-order valence-corrected chi connectivity index (χ1v) is 7.04. The van der Waals surface area contributed by atoms with Crippen LogP contribution in [-0.2, 0) is 4.79 Å². The van der Waals surface area contributed by atoms with Crippen molar-refractivity contribution in [3.05, 3.63) is 0 Å². The van der Waals surface area contributed by atoms with Gasteiger partial charge in [-0.15, -0.1) is 0 Å². The van der Waals surface area contributed by atoms with E-state index in [1.54, 1.807) is 0 Å². The lowest BCUT2D eigenvalue weighted by Crippen LogP contribution is -2.52. The largest absolute Gasteiger partial charge is 0.340 e. The van der Waals surface area contributed by atoms with Gasteiger partial charge in [-0.1, -0.05) is 6.42 Å².